The zero-order valence-electron chi connectivity index (χ0n) is 13.8. The van der Waals surface area contributed by atoms with Gasteiger partial charge in [-0.3, -0.25) is 9.48 Å². The molecule has 0 spiro atoms. The number of halogens is 1. The van der Waals surface area contributed by atoms with Crippen molar-refractivity contribution in [3.8, 4) is 0 Å². The lowest BCUT2D eigenvalue weighted by Gasteiger charge is -2.32. The smallest absolute Gasteiger partial charge is 0.269 e. The molecule has 1 saturated heterocycles. The third-order valence-corrected chi connectivity index (χ3v) is 5.57. The van der Waals surface area contributed by atoms with Crippen LogP contribution in [0.5, 0.6) is 0 Å². The molecule has 130 valence electrons. The summed E-state index contributed by atoms with van der Waals surface area (Å²) in [5.74, 6) is -0.326. The second-order valence-electron chi connectivity index (χ2n) is 6.18. The van der Waals surface area contributed by atoms with E-state index in [1.54, 1.807) is 30.1 Å². The first-order valence-electron chi connectivity index (χ1n) is 8.20. The van der Waals surface area contributed by atoms with E-state index in [0.717, 1.165) is 41.3 Å². The first kappa shape index (κ1) is 16.0. The van der Waals surface area contributed by atoms with Crippen LogP contribution in [0.15, 0.2) is 30.5 Å². The van der Waals surface area contributed by atoms with Crippen molar-refractivity contribution in [2.24, 2.45) is 7.05 Å². The van der Waals surface area contributed by atoms with E-state index in [4.69, 9.17) is 0 Å². The van der Waals surface area contributed by atoms with Crippen LogP contribution in [-0.4, -0.2) is 39.8 Å². The average molecular weight is 359 g/mol. The highest BCUT2D eigenvalue weighted by Crippen LogP contribution is 2.30. The highest BCUT2D eigenvalue weighted by molar-refractivity contribution is 7.22. The van der Waals surface area contributed by atoms with Gasteiger partial charge < -0.3 is 10.2 Å². The zero-order chi connectivity index (χ0) is 17.4. The molecule has 0 atom stereocenters. The molecule has 6 nitrogen and oxygen atoms in total. The maximum atomic E-state index is 13.3. The Morgan fingerprint density at radius 2 is 2.12 bits per heavy atom. The van der Waals surface area contributed by atoms with Gasteiger partial charge in [0, 0.05) is 32.4 Å². The summed E-state index contributed by atoms with van der Waals surface area (Å²) in [6.45, 7) is 1.64. The third-order valence-electron chi connectivity index (χ3n) is 4.49. The Morgan fingerprint density at radius 1 is 1.32 bits per heavy atom. The van der Waals surface area contributed by atoms with Gasteiger partial charge in [0.05, 0.1) is 10.2 Å². The minimum Gasteiger partial charge on any atom is -0.348 e. The van der Waals surface area contributed by atoms with Crippen molar-refractivity contribution in [1.82, 2.24) is 20.1 Å². The molecule has 3 aromatic rings. The fourth-order valence-electron chi connectivity index (χ4n) is 3.09. The minimum absolute atomic E-state index is 0.0890. The van der Waals surface area contributed by atoms with Crippen molar-refractivity contribution in [2.75, 3.05) is 18.0 Å². The van der Waals surface area contributed by atoms with Crippen molar-refractivity contribution in [1.29, 1.82) is 0 Å². The second-order valence-corrected chi connectivity index (χ2v) is 7.19. The average Bonchev–Trinajstić information content (AvgIpc) is 3.21. The topological polar surface area (TPSA) is 63.1 Å². The largest absolute Gasteiger partial charge is 0.348 e. The number of hydrogen-bond donors (Lipinski definition) is 1. The lowest BCUT2D eigenvalue weighted by atomic mass is 10.1. The van der Waals surface area contributed by atoms with Gasteiger partial charge in [-0.2, -0.15) is 5.10 Å². The summed E-state index contributed by atoms with van der Waals surface area (Å²) in [5.41, 5.74) is 1.39. The van der Waals surface area contributed by atoms with E-state index in [9.17, 15) is 9.18 Å². The molecule has 4 rings (SSSR count). The van der Waals surface area contributed by atoms with Gasteiger partial charge in [0.1, 0.15) is 11.5 Å². The summed E-state index contributed by atoms with van der Waals surface area (Å²) in [6, 6.07) is 6.53. The van der Waals surface area contributed by atoms with E-state index in [-0.39, 0.29) is 17.8 Å². The predicted molar refractivity (Wildman–Crippen MR) is 95.5 cm³/mol. The molecule has 1 aliphatic heterocycles. The standard InChI is InChI=1S/C17H18FN5OS/c1-22-14(4-7-19-22)16(24)20-12-5-8-23(9-6-12)17-21-13-3-2-11(18)10-15(13)25-17/h2-4,7,10,12H,5-6,8-9H2,1H3,(H,20,24). The highest BCUT2D eigenvalue weighted by Gasteiger charge is 2.24. The van der Waals surface area contributed by atoms with Crippen molar-refractivity contribution in [2.45, 2.75) is 18.9 Å². The lowest BCUT2D eigenvalue weighted by molar-refractivity contribution is 0.0921. The van der Waals surface area contributed by atoms with Gasteiger partial charge in [-0.05, 0) is 37.1 Å². The van der Waals surface area contributed by atoms with Gasteiger partial charge in [0.15, 0.2) is 5.13 Å². The number of amides is 1. The Morgan fingerprint density at radius 3 is 2.84 bits per heavy atom. The van der Waals surface area contributed by atoms with Crippen LogP contribution in [0, 0.1) is 5.82 Å². The molecule has 3 heterocycles. The van der Waals surface area contributed by atoms with Gasteiger partial charge in [0.25, 0.3) is 5.91 Å². The highest BCUT2D eigenvalue weighted by atomic mass is 32.1. The third kappa shape index (κ3) is 3.21. The zero-order valence-corrected chi connectivity index (χ0v) is 14.6. The quantitative estimate of drug-likeness (QED) is 0.781. The van der Waals surface area contributed by atoms with Crippen LogP contribution in [0.2, 0.25) is 0 Å². The number of aryl methyl sites for hydroxylation is 1. The van der Waals surface area contributed by atoms with Gasteiger partial charge in [-0.25, -0.2) is 9.37 Å². The molecule has 25 heavy (non-hydrogen) atoms. The number of piperidine rings is 1. The van der Waals surface area contributed by atoms with Crippen molar-refractivity contribution >= 4 is 32.6 Å². The summed E-state index contributed by atoms with van der Waals surface area (Å²) in [4.78, 5) is 19.1. The van der Waals surface area contributed by atoms with E-state index in [1.807, 2.05) is 0 Å². The first-order valence-corrected chi connectivity index (χ1v) is 9.02. The van der Waals surface area contributed by atoms with E-state index < -0.39 is 0 Å². The molecule has 0 saturated carbocycles. The first-order chi connectivity index (χ1) is 12.1. The minimum atomic E-state index is -0.237. The van der Waals surface area contributed by atoms with E-state index >= 15 is 0 Å². The Hall–Kier alpha value is -2.48. The maximum absolute atomic E-state index is 13.3. The number of rotatable bonds is 3. The van der Waals surface area contributed by atoms with E-state index in [2.05, 4.69) is 20.3 Å². The molecular formula is C17H18FN5OS. The molecule has 0 radical (unpaired) electrons. The fraction of sp³-hybridized carbons (Fsp3) is 0.353. The van der Waals surface area contributed by atoms with Gasteiger partial charge in [-0.1, -0.05) is 11.3 Å². The second kappa shape index (κ2) is 6.44. The molecule has 1 amide bonds. The number of nitrogens with zero attached hydrogens (tertiary/aromatic N) is 4. The molecular weight excluding hydrogens is 341 g/mol. The number of anilines is 1. The number of aromatic nitrogens is 3. The molecule has 1 aromatic carbocycles. The van der Waals surface area contributed by atoms with Crippen molar-refractivity contribution in [3.05, 3.63) is 42.0 Å². The monoisotopic (exact) mass is 359 g/mol. The van der Waals surface area contributed by atoms with Crippen molar-refractivity contribution in [3.63, 3.8) is 0 Å². The number of benzene rings is 1. The van der Waals surface area contributed by atoms with Crippen LogP contribution in [0.25, 0.3) is 10.2 Å². The SMILES string of the molecule is Cn1nccc1C(=O)NC1CCN(c2nc3ccc(F)cc3s2)CC1. The van der Waals surface area contributed by atoms with Crippen molar-refractivity contribution < 1.29 is 9.18 Å². The van der Waals surface area contributed by atoms with Gasteiger partial charge in [-0.15, -0.1) is 0 Å². The number of fused-ring (bicyclic) bond motifs is 1. The molecule has 0 bridgehead atoms. The van der Waals surface area contributed by atoms with Crippen LogP contribution in [0.1, 0.15) is 23.3 Å². The maximum Gasteiger partial charge on any atom is 0.269 e. The molecule has 1 N–H and O–H groups in total. The Labute approximate surface area is 148 Å². The van der Waals surface area contributed by atoms with Crippen LogP contribution in [-0.2, 0) is 7.05 Å². The molecule has 1 aliphatic rings. The Balaban J connectivity index is 1.39. The van der Waals surface area contributed by atoms with Gasteiger partial charge in [0.2, 0.25) is 0 Å². The molecule has 0 aliphatic carbocycles. The number of thiazole rings is 1. The summed E-state index contributed by atoms with van der Waals surface area (Å²) in [6.07, 6.45) is 3.33. The number of hydrogen-bond acceptors (Lipinski definition) is 5. The number of carbonyl (C=O) groups excluding carboxylic acids is 1. The lowest BCUT2D eigenvalue weighted by Crippen LogP contribution is -2.45. The summed E-state index contributed by atoms with van der Waals surface area (Å²) in [5, 5.41) is 8.01. The summed E-state index contributed by atoms with van der Waals surface area (Å²) >= 11 is 1.51. The predicted octanol–water partition coefficient (Wildman–Crippen LogP) is 2.57. The number of carbonyl (C=O) groups is 1. The van der Waals surface area contributed by atoms with Crippen LogP contribution in [0.4, 0.5) is 9.52 Å². The summed E-state index contributed by atoms with van der Waals surface area (Å²) in [7, 11) is 1.76. The summed E-state index contributed by atoms with van der Waals surface area (Å²) < 4.78 is 15.8. The normalized spacial score (nSPS) is 15.7. The Kier molecular flexibility index (Phi) is 4.12. The van der Waals surface area contributed by atoms with E-state index in [0.29, 0.717) is 5.69 Å². The van der Waals surface area contributed by atoms with Gasteiger partial charge >= 0.3 is 0 Å². The molecule has 8 heteroatoms. The molecule has 2 aromatic heterocycles. The molecule has 1 fully saturated rings. The van der Waals surface area contributed by atoms with Crippen LogP contribution >= 0.6 is 11.3 Å². The molecule has 0 unspecified atom stereocenters. The van der Waals surface area contributed by atoms with Crippen LogP contribution in [0.3, 0.4) is 0 Å². The van der Waals surface area contributed by atoms with E-state index in [1.165, 1.54) is 23.5 Å². The number of nitrogens with one attached hydrogen (secondary N) is 1. The van der Waals surface area contributed by atoms with Crippen LogP contribution < -0.4 is 10.2 Å². The Bertz CT molecular complexity index is 913. The fourth-order valence-corrected chi connectivity index (χ4v) is 4.13.